The molecule has 1 N–H and O–H groups in total. The molecule has 2 amide bonds. The second-order valence-corrected chi connectivity index (χ2v) is 7.19. The van der Waals surface area contributed by atoms with Gasteiger partial charge in [-0.15, -0.1) is 0 Å². The second-order valence-electron chi connectivity index (χ2n) is 7.19. The monoisotopic (exact) mass is 311 g/mol. The fraction of sp³-hybridized carbons (Fsp3) is 0.941. The van der Waals surface area contributed by atoms with E-state index in [2.05, 4.69) is 24.2 Å². The minimum absolute atomic E-state index is 0.0683. The Morgan fingerprint density at radius 2 is 2.09 bits per heavy atom. The highest BCUT2D eigenvalue weighted by Crippen LogP contribution is 2.18. The molecule has 0 bridgehead atoms. The summed E-state index contributed by atoms with van der Waals surface area (Å²) in [7, 11) is 4.09. The molecule has 128 valence electrons. The van der Waals surface area contributed by atoms with E-state index >= 15 is 0 Å². The molecule has 2 saturated heterocycles. The van der Waals surface area contributed by atoms with Crippen LogP contribution in [0.15, 0.2) is 0 Å². The van der Waals surface area contributed by atoms with Crippen LogP contribution in [0.3, 0.4) is 0 Å². The summed E-state index contributed by atoms with van der Waals surface area (Å²) in [4.78, 5) is 16.5. The van der Waals surface area contributed by atoms with Crippen molar-refractivity contribution >= 4 is 6.03 Å². The maximum atomic E-state index is 12.3. The summed E-state index contributed by atoms with van der Waals surface area (Å²) in [5, 5.41) is 3.12. The summed E-state index contributed by atoms with van der Waals surface area (Å²) in [6.45, 7) is 6.18. The zero-order valence-electron chi connectivity index (χ0n) is 14.5. The molecular formula is C17H33N3O2. The molecule has 0 unspecified atom stereocenters. The smallest absolute Gasteiger partial charge is 0.317 e. The van der Waals surface area contributed by atoms with Gasteiger partial charge in [-0.05, 0) is 71.5 Å². The fourth-order valence-corrected chi connectivity index (χ4v) is 3.42. The van der Waals surface area contributed by atoms with Crippen LogP contribution in [-0.4, -0.2) is 68.3 Å². The van der Waals surface area contributed by atoms with Crippen molar-refractivity contribution in [3.63, 3.8) is 0 Å². The molecule has 2 fully saturated rings. The van der Waals surface area contributed by atoms with Crippen molar-refractivity contribution in [3.8, 4) is 0 Å². The van der Waals surface area contributed by atoms with Crippen molar-refractivity contribution < 1.29 is 9.53 Å². The van der Waals surface area contributed by atoms with Crippen LogP contribution in [0.2, 0.25) is 0 Å². The average Bonchev–Trinajstić information content (AvgIpc) is 3.01. The number of piperidine rings is 1. The van der Waals surface area contributed by atoms with Crippen LogP contribution in [0.5, 0.6) is 0 Å². The molecule has 0 aliphatic carbocycles. The Morgan fingerprint density at radius 1 is 1.36 bits per heavy atom. The summed E-state index contributed by atoms with van der Waals surface area (Å²) in [5.41, 5.74) is 0. The summed E-state index contributed by atoms with van der Waals surface area (Å²) >= 11 is 0. The Morgan fingerprint density at radius 3 is 2.73 bits per heavy atom. The summed E-state index contributed by atoms with van der Waals surface area (Å²) in [6, 6.07) is 0.287. The van der Waals surface area contributed by atoms with Gasteiger partial charge < -0.3 is 19.9 Å². The van der Waals surface area contributed by atoms with Gasteiger partial charge in [0.2, 0.25) is 0 Å². The number of carbonyl (C=O) groups is 1. The Hall–Kier alpha value is -0.810. The lowest BCUT2D eigenvalue weighted by atomic mass is 9.97. The van der Waals surface area contributed by atoms with Crippen LogP contribution in [0.25, 0.3) is 0 Å². The summed E-state index contributed by atoms with van der Waals surface area (Å²) in [6.07, 6.45) is 7.22. The highest BCUT2D eigenvalue weighted by atomic mass is 16.5. The van der Waals surface area contributed by atoms with Crippen molar-refractivity contribution in [2.45, 2.75) is 57.6 Å². The van der Waals surface area contributed by atoms with E-state index in [0.29, 0.717) is 12.0 Å². The van der Waals surface area contributed by atoms with Gasteiger partial charge in [-0.2, -0.15) is 0 Å². The molecule has 5 nitrogen and oxygen atoms in total. The average molecular weight is 311 g/mol. The van der Waals surface area contributed by atoms with Crippen molar-refractivity contribution in [3.05, 3.63) is 0 Å². The molecule has 2 heterocycles. The van der Waals surface area contributed by atoms with E-state index in [1.165, 1.54) is 25.7 Å². The van der Waals surface area contributed by atoms with Crippen LogP contribution in [0.4, 0.5) is 4.79 Å². The lowest BCUT2D eigenvalue weighted by Crippen LogP contribution is -2.45. The molecule has 22 heavy (non-hydrogen) atoms. The van der Waals surface area contributed by atoms with Gasteiger partial charge in [-0.1, -0.05) is 0 Å². The minimum atomic E-state index is 0.0683. The van der Waals surface area contributed by atoms with E-state index in [-0.39, 0.29) is 12.1 Å². The molecule has 2 rings (SSSR count). The topological polar surface area (TPSA) is 44.8 Å². The molecule has 0 saturated carbocycles. The predicted octanol–water partition coefficient (Wildman–Crippen LogP) is 2.32. The van der Waals surface area contributed by atoms with E-state index in [9.17, 15) is 4.79 Å². The molecular weight excluding hydrogens is 278 g/mol. The molecule has 2 atom stereocenters. The first-order chi connectivity index (χ1) is 10.5. The number of rotatable bonds is 6. The fourth-order valence-electron chi connectivity index (χ4n) is 3.42. The molecule has 0 spiro atoms. The first kappa shape index (κ1) is 17.5. The van der Waals surface area contributed by atoms with E-state index < -0.39 is 0 Å². The third-order valence-corrected chi connectivity index (χ3v) is 5.03. The number of hydrogen-bond donors (Lipinski definition) is 1. The van der Waals surface area contributed by atoms with Crippen LogP contribution in [0.1, 0.15) is 45.4 Å². The highest BCUT2D eigenvalue weighted by molar-refractivity contribution is 5.74. The van der Waals surface area contributed by atoms with Gasteiger partial charge in [-0.3, -0.25) is 0 Å². The first-order valence-electron chi connectivity index (χ1n) is 8.86. The standard InChI is InChI=1S/C17H33N3O2/c1-14(6-7-16-5-4-12-22-16)18-17(21)20(3)13-15-8-10-19(2)11-9-15/h14-16H,4-13H2,1-3H3,(H,18,21)/t14-,16+/m0/s1. The van der Waals surface area contributed by atoms with Crippen LogP contribution in [0, 0.1) is 5.92 Å². The van der Waals surface area contributed by atoms with Crippen LogP contribution < -0.4 is 5.32 Å². The molecule has 5 heteroatoms. The highest BCUT2D eigenvalue weighted by Gasteiger charge is 2.21. The number of urea groups is 1. The predicted molar refractivity (Wildman–Crippen MR) is 89.1 cm³/mol. The van der Waals surface area contributed by atoms with Gasteiger partial charge in [0.05, 0.1) is 6.10 Å². The summed E-state index contributed by atoms with van der Waals surface area (Å²) < 4.78 is 5.64. The largest absolute Gasteiger partial charge is 0.378 e. The van der Waals surface area contributed by atoms with Gasteiger partial charge in [0.15, 0.2) is 0 Å². The lowest BCUT2D eigenvalue weighted by Gasteiger charge is -2.32. The van der Waals surface area contributed by atoms with E-state index in [1.54, 1.807) is 0 Å². The maximum absolute atomic E-state index is 12.3. The maximum Gasteiger partial charge on any atom is 0.317 e. The number of amides is 2. The Bertz CT molecular complexity index is 337. The zero-order valence-corrected chi connectivity index (χ0v) is 14.5. The SMILES string of the molecule is C[C@@H](CC[C@H]1CCCO1)NC(=O)N(C)CC1CCN(C)CC1. The number of nitrogens with one attached hydrogen (secondary N) is 1. The first-order valence-corrected chi connectivity index (χ1v) is 8.86. The quantitative estimate of drug-likeness (QED) is 0.819. The number of ether oxygens (including phenoxy) is 1. The number of carbonyl (C=O) groups excluding carboxylic acids is 1. The van der Waals surface area contributed by atoms with Gasteiger partial charge in [0, 0.05) is 26.2 Å². The molecule has 0 radical (unpaired) electrons. The minimum Gasteiger partial charge on any atom is -0.378 e. The molecule has 0 aromatic rings. The van der Waals surface area contributed by atoms with E-state index in [0.717, 1.165) is 39.1 Å². The molecule has 2 aliphatic heterocycles. The zero-order chi connectivity index (χ0) is 15.9. The molecule has 2 aliphatic rings. The lowest BCUT2D eigenvalue weighted by molar-refractivity contribution is 0.0999. The van der Waals surface area contributed by atoms with Gasteiger partial charge in [0.1, 0.15) is 0 Å². The Labute approximate surface area is 135 Å². The molecule has 0 aromatic carbocycles. The Kier molecular flexibility index (Phi) is 6.96. The van der Waals surface area contributed by atoms with Gasteiger partial charge in [-0.25, -0.2) is 4.79 Å². The normalized spacial score (nSPS) is 25.1. The van der Waals surface area contributed by atoms with Crippen molar-refractivity contribution in [2.24, 2.45) is 5.92 Å². The third kappa shape index (κ3) is 5.76. The van der Waals surface area contributed by atoms with Crippen molar-refractivity contribution in [1.82, 2.24) is 15.1 Å². The van der Waals surface area contributed by atoms with E-state index in [1.807, 2.05) is 11.9 Å². The number of hydrogen-bond acceptors (Lipinski definition) is 3. The molecule has 0 aromatic heterocycles. The third-order valence-electron chi connectivity index (χ3n) is 5.03. The van der Waals surface area contributed by atoms with Gasteiger partial charge in [0.25, 0.3) is 0 Å². The Balaban J connectivity index is 1.62. The van der Waals surface area contributed by atoms with Crippen molar-refractivity contribution in [1.29, 1.82) is 0 Å². The van der Waals surface area contributed by atoms with Crippen LogP contribution in [-0.2, 0) is 4.74 Å². The van der Waals surface area contributed by atoms with E-state index in [4.69, 9.17) is 4.74 Å². The second kappa shape index (κ2) is 8.73. The van der Waals surface area contributed by atoms with Crippen molar-refractivity contribution in [2.75, 3.05) is 40.3 Å². The number of likely N-dealkylation sites (tertiary alicyclic amines) is 1. The number of nitrogens with zero attached hydrogens (tertiary/aromatic N) is 2. The van der Waals surface area contributed by atoms with Crippen LogP contribution >= 0.6 is 0 Å². The summed E-state index contributed by atoms with van der Waals surface area (Å²) in [5.74, 6) is 0.647. The van der Waals surface area contributed by atoms with Gasteiger partial charge >= 0.3 is 6.03 Å².